The second-order valence-corrected chi connectivity index (χ2v) is 4.25. The van der Waals surface area contributed by atoms with Crippen LogP contribution in [-0.4, -0.2) is 5.78 Å². The van der Waals surface area contributed by atoms with Gasteiger partial charge in [0.25, 0.3) is 0 Å². The van der Waals surface area contributed by atoms with Gasteiger partial charge in [-0.3, -0.25) is 4.79 Å². The van der Waals surface area contributed by atoms with Crippen molar-refractivity contribution in [1.29, 1.82) is 0 Å². The average molecular weight is 282 g/mol. The molecule has 0 bridgehead atoms. The van der Waals surface area contributed by atoms with Gasteiger partial charge in [0.15, 0.2) is 5.78 Å². The number of rotatable bonds is 2. The summed E-state index contributed by atoms with van der Waals surface area (Å²) in [6.07, 6.45) is 0.404. The molecule has 0 spiro atoms. The maximum absolute atomic E-state index is 11.4. The minimum absolute atomic E-state index is 0.0394. The number of hydrogen-bond donors (Lipinski definition) is 0. The third-order valence-corrected chi connectivity index (χ3v) is 2.66. The number of ketones is 1. The SMILES string of the molecule is CCC(=O)c1c(Cl)cc(Br)cc1Cl. The van der Waals surface area contributed by atoms with Gasteiger partial charge in [0.2, 0.25) is 0 Å². The first-order valence-corrected chi connectivity index (χ1v) is 5.29. The number of carbonyl (C=O) groups is 1. The summed E-state index contributed by atoms with van der Waals surface area (Å²) in [4.78, 5) is 11.4. The topological polar surface area (TPSA) is 17.1 Å². The zero-order chi connectivity index (χ0) is 10.0. The third kappa shape index (κ3) is 2.46. The van der Waals surface area contributed by atoms with Crippen LogP contribution in [0.25, 0.3) is 0 Å². The fraction of sp³-hybridized carbons (Fsp3) is 0.222. The van der Waals surface area contributed by atoms with Crippen LogP contribution in [0, 0.1) is 0 Å². The second kappa shape index (κ2) is 4.45. The molecule has 0 aliphatic carbocycles. The quantitative estimate of drug-likeness (QED) is 0.737. The van der Waals surface area contributed by atoms with E-state index in [9.17, 15) is 4.79 Å². The summed E-state index contributed by atoms with van der Waals surface area (Å²) < 4.78 is 0.773. The van der Waals surface area contributed by atoms with Crippen molar-refractivity contribution in [1.82, 2.24) is 0 Å². The number of benzene rings is 1. The summed E-state index contributed by atoms with van der Waals surface area (Å²) in [5, 5.41) is 0.789. The Morgan fingerprint density at radius 1 is 1.38 bits per heavy atom. The van der Waals surface area contributed by atoms with Crippen LogP contribution in [0.3, 0.4) is 0 Å². The van der Waals surface area contributed by atoms with Crippen molar-refractivity contribution in [2.45, 2.75) is 13.3 Å². The molecule has 0 saturated heterocycles. The normalized spacial score (nSPS) is 10.2. The van der Waals surface area contributed by atoms with Crippen molar-refractivity contribution in [2.75, 3.05) is 0 Å². The summed E-state index contributed by atoms with van der Waals surface area (Å²) in [7, 11) is 0. The number of carbonyl (C=O) groups excluding carboxylic acids is 1. The first-order valence-electron chi connectivity index (χ1n) is 3.74. The summed E-state index contributed by atoms with van der Waals surface area (Å²) >= 11 is 15.0. The lowest BCUT2D eigenvalue weighted by Gasteiger charge is -2.04. The molecule has 1 aromatic carbocycles. The monoisotopic (exact) mass is 280 g/mol. The fourth-order valence-electron chi connectivity index (χ4n) is 0.985. The first kappa shape index (κ1) is 11.0. The van der Waals surface area contributed by atoms with E-state index in [2.05, 4.69) is 15.9 Å². The Balaban J connectivity index is 3.28. The molecule has 13 heavy (non-hydrogen) atoms. The molecule has 70 valence electrons. The zero-order valence-electron chi connectivity index (χ0n) is 6.90. The Morgan fingerprint density at radius 3 is 2.23 bits per heavy atom. The fourth-order valence-corrected chi connectivity index (χ4v) is 2.40. The van der Waals surface area contributed by atoms with Crippen molar-refractivity contribution < 1.29 is 4.79 Å². The molecule has 0 aliphatic heterocycles. The van der Waals surface area contributed by atoms with Crippen LogP contribution in [0.4, 0.5) is 0 Å². The molecule has 0 aliphatic rings. The number of halogens is 3. The van der Waals surface area contributed by atoms with E-state index in [-0.39, 0.29) is 5.78 Å². The molecule has 1 rings (SSSR count). The molecule has 0 heterocycles. The molecule has 0 aromatic heterocycles. The molecule has 0 amide bonds. The zero-order valence-corrected chi connectivity index (χ0v) is 10.0. The molecule has 0 atom stereocenters. The van der Waals surface area contributed by atoms with Crippen molar-refractivity contribution in [2.24, 2.45) is 0 Å². The average Bonchev–Trinajstić information content (AvgIpc) is 2.02. The van der Waals surface area contributed by atoms with Gasteiger partial charge in [-0.05, 0) is 12.1 Å². The van der Waals surface area contributed by atoms with Gasteiger partial charge < -0.3 is 0 Å². The molecule has 0 fully saturated rings. The minimum Gasteiger partial charge on any atom is -0.294 e. The highest BCUT2D eigenvalue weighted by molar-refractivity contribution is 9.10. The van der Waals surface area contributed by atoms with Gasteiger partial charge in [-0.15, -0.1) is 0 Å². The lowest BCUT2D eigenvalue weighted by Crippen LogP contribution is -1.98. The molecule has 0 N–H and O–H groups in total. The molecule has 0 unspecified atom stereocenters. The van der Waals surface area contributed by atoms with Crippen LogP contribution in [0.5, 0.6) is 0 Å². The highest BCUT2D eigenvalue weighted by atomic mass is 79.9. The van der Waals surface area contributed by atoms with Crippen molar-refractivity contribution in [3.8, 4) is 0 Å². The molecule has 4 heteroatoms. The van der Waals surface area contributed by atoms with Crippen LogP contribution in [-0.2, 0) is 0 Å². The van der Waals surface area contributed by atoms with E-state index in [1.807, 2.05) is 0 Å². The summed E-state index contributed by atoms with van der Waals surface area (Å²) in [5.41, 5.74) is 0.411. The Kier molecular flexibility index (Phi) is 3.77. The highest BCUT2D eigenvalue weighted by Gasteiger charge is 2.13. The first-order chi connectivity index (χ1) is 6.06. The van der Waals surface area contributed by atoms with Crippen molar-refractivity contribution >= 4 is 44.9 Å². The van der Waals surface area contributed by atoms with Gasteiger partial charge >= 0.3 is 0 Å². The standard InChI is InChI=1S/C9H7BrCl2O/c1-2-8(13)9-6(11)3-5(10)4-7(9)12/h3-4H,2H2,1H3. The third-order valence-electron chi connectivity index (χ3n) is 1.61. The highest BCUT2D eigenvalue weighted by Crippen LogP contribution is 2.29. The van der Waals surface area contributed by atoms with E-state index >= 15 is 0 Å². The Hall–Kier alpha value is -0.0500. The second-order valence-electron chi connectivity index (χ2n) is 2.52. The minimum atomic E-state index is -0.0394. The van der Waals surface area contributed by atoms with E-state index in [4.69, 9.17) is 23.2 Å². The molecular formula is C9H7BrCl2O. The van der Waals surface area contributed by atoms with Gasteiger partial charge in [0.05, 0.1) is 15.6 Å². The van der Waals surface area contributed by atoms with Gasteiger partial charge in [-0.1, -0.05) is 46.1 Å². The van der Waals surface area contributed by atoms with Crippen molar-refractivity contribution in [3.63, 3.8) is 0 Å². The van der Waals surface area contributed by atoms with Gasteiger partial charge in [0, 0.05) is 10.9 Å². The van der Waals surface area contributed by atoms with Crippen LogP contribution in [0.15, 0.2) is 16.6 Å². The lowest BCUT2D eigenvalue weighted by molar-refractivity contribution is 0.0988. The van der Waals surface area contributed by atoms with Crippen molar-refractivity contribution in [3.05, 3.63) is 32.2 Å². The number of hydrogen-bond acceptors (Lipinski definition) is 1. The predicted octanol–water partition coefficient (Wildman–Crippen LogP) is 4.35. The maximum Gasteiger partial charge on any atom is 0.165 e. The van der Waals surface area contributed by atoms with Gasteiger partial charge in [-0.2, -0.15) is 0 Å². The van der Waals surface area contributed by atoms with E-state index in [0.717, 1.165) is 4.47 Å². The van der Waals surface area contributed by atoms with Crippen LogP contribution >= 0.6 is 39.1 Å². The van der Waals surface area contributed by atoms with Crippen LogP contribution in [0.2, 0.25) is 10.0 Å². The summed E-state index contributed by atoms with van der Waals surface area (Å²) in [6.45, 7) is 1.77. The van der Waals surface area contributed by atoms with Crippen LogP contribution in [0.1, 0.15) is 23.7 Å². The van der Waals surface area contributed by atoms with Gasteiger partial charge in [0.1, 0.15) is 0 Å². The van der Waals surface area contributed by atoms with Crippen LogP contribution < -0.4 is 0 Å². The largest absolute Gasteiger partial charge is 0.294 e. The molecule has 0 saturated carbocycles. The molecule has 1 nitrogen and oxygen atoms in total. The summed E-state index contributed by atoms with van der Waals surface area (Å²) in [6, 6.07) is 3.33. The van der Waals surface area contributed by atoms with E-state index in [0.29, 0.717) is 22.0 Å². The van der Waals surface area contributed by atoms with Gasteiger partial charge in [-0.25, -0.2) is 0 Å². The lowest BCUT2D eigenvalue weighted by atomic mass is 10.1. The number of Topliss-reactive ketones (excluding diaryl/α,β-unsaturated/α-hetero) is 1. The Bertz CT molecular complexity index is 326. The predicted molar refractivity (Wildman–Crippen MR) is 58.8 cm³/mol. The maximum atomic E-state index is 11.4. The van der Waals surface area contributed by atoms with E-state index in [1.165, 1.54) is 0 Å². The Morgan fingerprint density at radius 2 is 1.85 bits per heavy atom. The molecular weight excluding hydrogens is 275 g/mol. The Labute approximate surface area is 95.2 Å². The molecule has 1 aromatic rings. The smallest absolute Gasteiger partial charge is 0.165 e. The summed E-state index contributed by atoms with van der Waals surface area (Å²) in [5.74, 6) is -0.0394. The van der Waals surface area contributed by atoms with E-state index in [1.54, 1.807) is 19.1 Å². The van der Waals surface area contributed by atoms with E-state index < -0.39 is 0 Å². The molecule has 0 radical (unpaired) electrons.